The zero-order valence-electron chi connectivity index (χ0n) is 11.2. The molecule has 8 heteroatoms. The summed E-state index contributed by atoms with van der Waals surface area (Å²) in [5.74, 6) is -1.40. The van der Waals surface area contributed by atoms with Gasteiger partial charge in [0.05, 0.1) is 5.52 Å². The molecule has 1 fully saturated rings. The molecule has 1 saturated heterocycles. The van der Waals surface area contributed by atoms with Crippen LogP contribution in [-0.2, 0) is 11.8 Å². The van der Waals surface area contributed by atoms with Gasteiger partial charge in [-0.25, -0.2) is 9.59 Å². The van der Waals surface area contributed by atoms with Crippen molar-refractivity contribution in [3.63, 3.8) is 0 Å². The van der Waals surface area contributed by atoms with Gasteiger partial charge in [0.25, 0.3) is 0 Å². The number of anilines is 1. The Balaban J connectivity index is 2.06. The lowest BCUT2D eigenvalue weighted by atomic mass is 10.1. The summed E-state index contributed by atoms with van der Waals surface area (Å²) < 4.78 is 1.45. The van der Waals surface area contributed by atoms with Crippen molar-refractivity contribution >= 4 is 34.5 Å². The molecular formula is C13H12N4O4. The van der Waals surface area contributed by atoms with Crippen LogP contribution in [-0.4, -0.2) is 39.3 Å². The van der Waals surface area contributed by atoms with E-state index in [0.717, 1.165) is 0 Å². The highest BCUT2D eigenvalue weighted by molar-refractivity contribution is 6.07. The predicted molar refractivity (Wildman–Crippen MR) is 73.2 cm³/mol. The lowest BCUT2D eigenvalue weighted by molar-refractivity contribution is -0.120. The van der Waals surface area contributed by atoms with Crippen molar-refractivity contribution < 1.29 is 19.5 Å². The highest BCUT2D eigenvalue weighted by Crippen LogP contribution is 2.25. The molecule has 3 amide bonds. The van der Waals surface area contributed by atoms with E-state index in [2.05, 4.69) is 10.4 Å². The van der Waals surface area contributed by atoms with Gasteiger partial charge in [0.15, 0.2) is 5.69 Å². The average Bonchev–Trinajstić information content (AvgIpc) is 2.76. The van der Waals surface area contributed by atoms with Crippen molar-refractivity contribution in [2.75, 3.05) is 11.4 Å². The summed E-state index contributed by atoms with van der Waals surface area (Å²) in [4.78, 5) is 35.5. The molecule has 21 heavy (non-hydrogen) atoms. The monoisotopic (exact) mass is 288 g/mol. The maximum atomic E-state index is 11.8. The normalized spacial score (nSPS) is 15.4. The lowest BCUT2D eigenvalue weighted by Gasteiger charge is -2.26. The van der Waals surface area contributed by atoms with Crippen LogP contribution in [0, 0.1) is 0 Å². The zero-order valence-corrected chi connectivity index (χ0v) is 11.2. The summed E-state index contributed by atoms with van der Waals surface area (Å²) in [7, 11) is 1.64. The van der Waals surface area contributed by atoms with Crippen LogP contribution in [0.5, 0.6) is 0 Å². The SMILES string of the molecule is Cn1nc(C(=O)O)c2ccc(N3CCC(=O)NC3=O)cc21. The van der Waals surface area contributed by atoms with Gasteiger partial charge in [0.1, 0.15) is 0 Å². The molecule has 0 saturated carbocycles. The number of benzene rings is 1. The number of urea groups is 1. The first-order valence-corrected chi connectivity index (χ1v) is 6.29. The minimum Gasteiger partial charge on any atom is -0.476 e. The van der Waals surface area contributed by atoms with Gasteiger partial charge in [-0.05, 0) is 18.2 Å². The van der Waals surface area contributed by atoms with E-state index in [1.165, 1.54) is 9.58 Å². The van der Waals surface area contributed by atoms with Gasteiger partial charge >= 0.3 is 12.0 Å². The molecule has 1 aliphatic heterocycles. The van der Waals surface area contributed by atoms with Crippen LogP contribution >= 0.6 is 0 Å². The first-order valence-electron chi connectivity index (χ1n) is 6.29. The maximum Gasteiger partial charge on any atom is 0.357 e. The molecule has 2 N–H and O–H groups in total. The Morgan fingerprint density at radius 2 is 2.14 bits per heavy atom. The number of rotatable bonds is 2. The van der Waals surface area contributed by atoms with E-state index >= 15 is 0 Å². The van der Waals surface area contributed by atoms with Crippen molar-refractivity contribution in [3.05, 3.63) is 23.9 Å². The van der Waals surface area contributed by atoms with Crippen molar-refractivity contribution in [1.29, 1.82) is 0 Å². The number of imide groups is 1. The Labute approximate surface area is 118 Å². The number of hydrogen-bond acceptors (Lipinski definition) is 4. The topological polar surface area (TPSA) is 105 Å². The van der Waals surface area contributed by atoms with E-state index in [1.807, 2.05) is 0 Å². The molecule has 1 aliphatic rings. The average molecular weight is 288 g/mol. The summed E-state index contributed by atoms with van der Waals surface area (Å²) in [5.41, 5.74) is 1.17. The van der Waals surface area contributed by atoms with E-state index in [-0.39, 0.29) is 18.0 Å². The van der Waals surface area contributed by atoms with Crippen LogP contribution in [0.2, 0.25) is 0 Å². The van der Waals surface area contributed by atoms with E-state index < -0.39 is 12.0 Å². The second-order valence-corrected chi connectivity index (χ2v) is 4.73. The summed E-state index contributed by atoms with van der Waals surface area (Å²) >= 11 is 0. The van der Waals surface area contributed by atoms with Crippen LogP contribution in [0.4, 0.5) is 10.5 Å². The van der Waals surface area contributed by atoms with E-state index in [1.54, 1.807) is 25.2 Å². The Morgan fingerprint density at radius 1 is 1.38 bits per heavy atom. The quantitative estimate of drug-likeness (QED) is 0.847. The molecule has 0 spiro atoms. The highest BCUT2D eigenvalue weighted by Gasteiger charge is 2.25. The number of carboxylic acid groups (broad SMARTS) is 1. The minimum atomic E-state index is -1.10. The van der Waals surface area contributed by atoms with Gasteiger partial charge in [0, 0.05) is 31.1 Å². The molecule has 8 nitrogen and oxygen atoms in total. The third kappa shape index (κ3) is 2.10. The second-order valence-electron chi connectivity index (χ2n) is 4.73. The van der Waals surface area contributed by atoms with Crippen LogP contribution in [0.3, 0.4) is 0 Å². The summed E-state index contributed by atoms with van der Waals surface area (Å²) in [5, 5.41) is 15.8. The van der Waals surface area contributed by atoms with E-state index in [4.69, 9.17) is 5.11 Å². The summed E-state index contributed by atoms with van der Waals surface area (Å²) in [6.07, 6.45) is 0.232. The van der Waals surface area contributed by atoms with Gasteiger partial charge < -0.3 is 5.11 Å². The van der Waals surface area contributed by atoms with Crippen molar-refractivity contribution in [2.45, 2.75) is 6.42 Å². The highest BCUT2D eigenvalue weighted by atomic mass is 16.4. The Bertz CT molecular complexity index is 780. The summed E-state index contributed by atoms with van der Waals surface area (Å²) in [6, 6.07) is 4.46. The first-order chi connectivity index (χ1) is 9.97. The number of aryl methyl sites for hydroxylation is 1. The third-order valence-corrected chi connectivity index (χ3v) is 3.40. The molecule has 0 unspecified atom stereocenters. The fourth-order valence-electron chi connectivity index (χ4n) is 2.38. The fraction of sp³-hybridized carbons (Fsp3) is 0.231. The molecule has 3 rings (SSSR count). The smallest absolute Gasteiger partial charge is 0.357 e. The largest absolute Gasteiger partial charge is 0.476 e. The van der Waals surface area contributed by atoms with Crippen molar-refractivity contribution in [3.8, 4) is 0 Å². The molecule has 0 bridgehead atoms. The minimum absolute atomic E-state index is 0.0303. The van der Waals surface area contributed by atoms with Crippen LogP contribution in [0.25, 0.3) is 10.9 Å². The van der Waals surface area contributed by atoms with Crippen molar-refractivity contribution in [2.24, 2.45) is 7.05 Å². The third-order valence-electron chi connectivity index (χ3n) is 3.40. The molecule has 2 heterocycles. The predicted octanol–water partition coefficient (Wildman–Crippen LogP) is 0.718. The zero-order chi connectivity index (χ0) is 15.1. The standard InChI is InChI=1S/C13H12N4O4/c1-16-9-6-7(17-5-4-10(18)14-13(17)21)2-3-8(9)11(15-16)12(19)20/h2-3,6H,4-5H2,1H3,(H,19,20)(H,14,18,21). The van der Waals surface area contributed by atoms with Crippen LogP contribution < -0.4 is 10.2 Å². The van der Waals surface area contributed by atoms with Crippen LogP contribution in [0.1, 0.15) is 16.9 Å². The number of aromatic carboxylic acids is 1. The first kappa shape index (κ1) is 13.1. The van der Waals surface area contributed by atoms with Gasteiger partial charge in [0.2, 0.25) is 5.91 Å². The number of carbonyl (C=O) groups excluding carboxylic acids is 2. The Hall–Kier alpha value is -2.90. The molecule has 0 atom stereocenters. The Morgan fingerprint density at radius 3 is 2.81 bits per heavy atom. The number of nitrogens with one attached hydrogen (secondary N) is 1. The van der Waals surface area contributed by atoms with Crippen LogP contribution in [0.15, 0.2) is 18.2 Å². The maximum absolute atomic E-state index is 11.8. The van der Waals surface area contributed by atoms with Gasteiger partial charge in [-0.15, -0.1) is 0 Å². The van der Waals surface area contributed by atoms with Crippen molar-refractivity contribution in [1.82, 2.24) is 15.1 Å². The van der Waals surface area contributed by atoms with E-state index in [0.29, 0.717) is 23.1 Å². The lowest BCUT2D eigenvalue weighted by Crippen LogP contribution is -2.49. The number of amides is 3. The number of carboxylic acids is 1. The number of fused-ring (bicyclic) bond motifs is 1. The van der Waals surface area contributed by atoms with Gasteiger partial charge in [-0.1, -0.05) is 0 Å². The van der Waals surface area contributed by atoms with Gasteiger partial charge in [-0.3, -0.25) is 19.7 Å². The summed E-state index contributed by atoms with van der Waals surface area (Å²) in [6.45, 7) is 0.291. The number of carbonyl (C=O) groups is 3. The van der Waals surface area contributed by atoms with E-state index in [9.17, 15) is 14.4 Å². The molecule has 108 valence electrons. The number of aromatic nitrogens is 2. The molecule has 1 aromatic carbocycles. The second kappa shape index (κ2) is 4.58. The Kier molecular flexibility index (Phi) is 2.86. The number of hydrogen-bond donors (Lipinski definition) is 2. The molecule has 2 aromatic rings. The molecule has 0 aliphatic carbocycles. The molecule has 1 aromatic heterocycles. The molecule has 0 radical (unpaired) electrons. The fourth-order valence-corrected chi connectivity index (χ4v) is 2.38. The molecular weight excluding hydrogens is 276 g/mol. The van der Waals surface area contributed by atoms with Gasteiger partial charge in [-0.2, -0.15) is 5.10 Å². The number of nitrogens with zero attached hydrogens (tertiary/aromatic N) is 3.